The largest absolute Gasteiger partial charge is 0.512 e. The monoisotopic (exact) mass is 138 g/mol. The third-order valence-electron chi connectivity index (χ3n) is 0.175. The zero-order valence-corrected chi connectivity index (χ0v) is 4.83. The Kier molecular flexibility index (Phi) is 2.70. The van der Waals surface area contributed by atoms with E-state index in [9.17, 15) is 4.79 Å². The van der Waals surface area contributed by atoms with Crippen molar-refractivity contribution >= 4 is 35.4 Å². The van der Waals surface area contributed by atoms with Crippen molar-refractivity contribution in [2.75, 3.05) is 0 Å². The molecule has 0 saturated carbocycles. The average Bonchev–Trinajstić information content (AvgIpc) is 1.27. The highest BCUT2D eigenvalue weighted by atomic mass is 32.1. The van der Waals surface area contributed by atoms with Crippen LogP contribution in [0.1, 0.15) is 0 Å². The molecule has 0 spiro atoms. The lowest BCUT2D eigenvalue weighted by atomic mass is 11.4. The van der Waals surface area contributed by atoms with Crippen molar-refractivity contribution in [1.29, 1.82) is 0 Å². The number of ether oxygens (including phenoxy) is 1. The topological polar surface area (TPSA) is 46.5 Å². The van der Waals surface area contributed by atoms with Crippen LogP contribution in [0.4, 0.5) is 4.79 Å². The van der Waals surface area contributed by atoms with E-state index in [1.165, 1.54) is 0 Å². The summed E-state index contributed by atoms with van der Waals surface area (Å²) in [7, 11) is 0. The van der Waals surface area contributed by atoms with Crippen LogP contribution < -0.4 is 0 Å². The van der Waals surface area contributed by atoms with Gasteiger partial charge in [0.25, 0.3) is 0 Å². The summed E-state index contributed by atoms with van der Waals surface area (Å²) in [5.74, 6) is 0. The van der Waals surface area contributed by atoms with Gasteiger partial charge in [0, 0.05) is 0 Å². The summed E-state index contributed by atoms with van der Waals surface area (Å²) in [5, 5.41) is 7.73. The van der Waals surface area contributed by atoms with Gasteiger partial charge in [0.2, 0.25) is 4.38 Å². The second-order valence-electron chi connectivity index (χ2n) is 0.634. The van der Waals surface area contributed by atoms with Gasteiger partial charge in [-0.1, -0.05) is 12.6 Å². The molecule has 7 heavy (non-hydrogen) atoms. The van der Waals surface area contributed by atoms with Crippen LogP contribution in [0, 0.1) is 0 Å². The van der Waals surface area contributed by atoms with E-state index >= 15 is 0 Å². The third kappa shape index (κ3) is 5.71. The molecule has 0 aliphatic heterocycles. The van der Waals surface area contributed by atoms with E-state index in [-0.39, 0.29) is 4.38 Å². The highest BCUT2D eigenvalue weighted by Crippen LogP contribution is 1.85. The molecule has 0 unspecified atom stereocenters. The normalized spacial score (nSPS) is 7.57. The average molecular weight is 138 g/mol. The molecule has 0 atom stereocenters. The lowest BCUT2D eigenvalue weighted by Gasteiger charge is -1.88. The maximum Gasteiger partial charge on any atom is 0.512 e. The standard InChI is InChI=1S/C2H2O3S2/c3-1(4)5-2(6)7/h(H,3,4)(H,6,7). The maximum absolute atomic E-state index is 9.45. The van der Waals surface area contributed by atoms with Gasteiger partial charge < -0.3 is 9.84 Å². The van der Waals surface area contributed by atoms with Crippen molar-refractivity contribution < 1.29 is 14.6 Å². The summed E-state index contributed by atoms with van der Waals surface area (Å²) in [6.45, 7) is 0. The first-order valence-electron chi connectivity index (χ1n) is 1.26. The molecule has 0 aliphatic carbocycles. The zero-order valence-electron chi connectivity index (χ0n) is 3.12. The Labute approximate surface area is 50.7 Å². The molecule has 0 saturated heterocycles. The van der Waals surface area contributed by atoms with Gasteiger partial charge >= 0.3 is 6.16 Å². The third-order valence-corrected chi connectivity index (χ3v) is 0.349. The molecule has 0 aliphatic rings. The van der Waals surface area contributed by atoms with Crippen molar-refractivity contribution in [3.05, 3.63) is 0 Å². The molecule has 0 fully saturated rings. The molecule has 0 aromatic carbocycles. The predicted octanol–water partition coefficient (Wildman–Crippen LogP) is 0.896. The molecule has 1 N–H and O–H groups in total. The van der Waals surface area contributed by atoms with E-state index in [1.807, 2.05) is 0 Å². The van der Waals surface area contributed by atoms with Crippen LogP contribution in [0.2, 0.25) is 0 Å². The molecule has 0 aromatic heterocycles. The Morgan fingerprint density at radius 1 is 1.86 bits per heavy atom. The van der Waals surface area contributed by atoms with Crippen molar-refractivity contribution in [2.45, 2.75) is 0 Å². The SMILES string of the molecule is O=C(O)OC(=S)S. The van der Waals surface area contributed by atoms with Gasteiger partial charge in [0.05, 0.1) is 0 Å². The van der Waals surface area contributed by atoms with Crippen molar-refractivity contribution in [3.8, 4) is 0 Å². The molecule has 5 heteroatoms. The number of carbonyl (C=O) groups is 1. The molecular weight excluding hydrogens is 136 g/mol. The summed E-state index contributed by atoms with van der Waals surface area (Å²) >= 11 is 7.50. The zero-order chi connectivity index (χ0) is 5.86. The van der Waals surface area contributed by atoms with E-state index < -0.39 is 6.16 Å². The van der Waals surface area contributed by atoms with Gasteiger partial charge in [-0.2, -0.15) is 0 Å². The number of carboxylic acid groups (broad SMARTS) is 1. The van der Waals surface area contributed by atoms with Crippen LogP contribution in [-0.4, -0.2) is 15.6 Å². The van der Waals surface area contributed by atoms with E-state index in [0.29, 0.717) is 0 Å². The predicted molar refractivity (Wildman–Crippen MR) is 30.7 cm³/mol. The quantitative estimate of drug-likeness (QED) is 0.296. The number of thiol groups is 1. The van der Waals surface area contributed by atoms with Crippen LogP contribution in [-0.2, 0) is 4.74 Å². The van der Waals surface area contributed by atoms with Gasteiger partial charge in [0.1, 0.15) is 0 Å². The van der Waals surface area contributed by atoms with Gasteiger partial charge in [-0.15, -0.1) is 0 Å². The van der Waals surface area contributed by atoms with Crippen LogP contribution in [0.15, 0.2) is 0 Å². The highest BCUT2D eigenvalue weighted by molar-refractivity contribution is 8.10. The Morgan fingerprint density at radius 3 is 2.29 bits per heavy atom. The number of thiocarbonyl (C=S) groups is 1. The van der Waals surface area contributed by atoms with Gasteiger partial charge in [-0.05, 0) is 12.2 Å². The molecular formula is C2H2O3S2. The Balaban J connectivity index is 3.32. The maximum atomic E-state index is 9.45. The molecule has 0 heterocycles. The second kappa shape index (κ2) is 2.81. The first-order valence-corrected chi connectivity index (χ1v) is 2.12. The van der Waals surface area contributed by atoms with E-state index in [1.54, 1.807) is 0 Å². The minimum absolute atomic E-state index is 0.285. The summed E-state index contributed by atoms with van der Waals surface area (Å²) in [5.41, 5.74) is 0. The fourth-order valence-electron chi connectivity index (χ4n) is 0.0747. The summed E-state index contributed by atoms with van der Waals surface area (Å²) < 4.78 is 3.48. The summed E-state index contributed by atoms with van der Waals surface area (Å²) in [6, 6.07) is 0. The van der Waals surface area contributed by atoms with Gasteiger partial charge in [0.15, 0.2) is 0 Å². The summed E-state index contributed by atoms with van der Waals surface area (Å²) in [6.07, 6.45) is -1.43. The van der Waals surface area contributed by atoms with Crippen molar-refractivity contribution in [3.63, 3.8) is 0 Å². The van der Waals surface area contributed by atoms with E-state index in [2.05, 4.69) is 29.6 Å². The van der Waals surface area contributed by atoms with E-state index in [4.69, 9.17) is 5.11 Å². The van der Waals surface area contributed by atoms with Crippen LogP contribution in [0.5, 0.6) is 0 Å². The Bertz CT molecular complexity index is 87.1. The first kappa shape index (κ1) is 6.71. The summed E-state index contributed by atoms with van der Waals surface area (Å²) in [4.78, 5) is 9.45. The molecule has 3 nitrogen and oxygen atoms in total. The van der Waals surface area contributed by atoms with Crippen LogP contribution in [0.3, 0.4) is 0 Å². The number of hydrogen-bond acceptors (Lipinski definition) is 3. The first-order chi connectivity index (χ1) is 3.13. The smallest absolute Gasteiger partial charge is 0.449 e. The molecule has 0 aromatic rings. The Morgan fingerprint density at radius 2 is 2.29 bits per heavy atom. The Hall–Kier alpha value is -0.290. The number of rotatable bonds is 0. The van der Waals surface area contributed by atoms with Crippen LogP contribution >= 0.6 is 24.8 Å². The minimum Gasteiger partial charge on any atom is -0.449 e. The van der Waals surface area contributed by atoms with E-state index in [0.717, 1.165) is 0 Å². The molecule has 40 valence electrons. The highest BCUT2D eigenvalue weighted by Gasteiger charge is 1.94. The van der Waals surface area contributed by atoms with Gasteiger partial charge in [-0.25, -0.2) is 4.79 Å². The molecule has 0 amide bonds. The molecule has 0 rings (SSSR count). The van der Waals surface area contributed by atoms with Crippen molar-refractivity contribution in [2.24, 2.45) is 0 Å². The van der Waals surface area contributed by atoms with Gasteiger partial charge in [-0.3, -0.25) is 0 Å². The lowest BCUT2D eigenvalue weighted by molar-refractivity contribution is 0.144. The fourth-order valence-corrected chi connectivity index (χ4v) is 0.224. The van der Waals surface area contributed by atoms with Crippen LogP contribution in [0.25, 0.3) is 0 Å². The lowest BCUT2D eigenvalue weighted by Crippen LogP contribution is -2.00. The molecule has 0 radical (unpaired) electrons. The number of hydrogen-bond donors (Lipinski definition) is 2. The van der Waals surface area contributed by atoms with Crippen molar-refractivity contribution in [1.82, 2.24) is 0 Å². The minimum atomic E-state index is -1.43. The fraction of sp³-hybridized carbons (Fsp3) is 0. The second-order valence-corrected chi connectivity index (χ2v) is 1.71. The molecule has 0 bridgehead atoms.